The number of fused-ring (bicyclic) bond motifs is 1. The molecule has 0 saturated carbocycles. The number of hydrogen-bond acceptors (Lipinski definition) is 0. The van der Waals surface area contributed by atoms with Gasteiger partial charge in [0.15, 0.2) is 11.0 Å². The van der Waals surface area contributed by atoms with Crippen LogP contribution in [0.3, 0.4) is 0 Å². The van der Waals surface area contributed by atoms with Crippen molar-refractivity contribution in [2.45, 2.75) is 20.8 Å². The van der Waals surface area contributed by atoms with Gasteiger partial charge in [0, 0.05) is 5.30 Å². The highest BCUT2D eigenvalue weighted by Gasteiger charge is 2.21. The summed E-state index contributed by atoms with van der Waals surface area (Å²) in [7, 11) is 2.71. The number of rotatable bonds is 4. The SMILES string of the molecule is C=C(/C=C\C)Pc1c(C)ccc2c1[nH]c(-c1ccccc1C)[n+]2C. The molecule has 0 aliphatic carbocycles. The third-order valence-electron chi connectivity index (χ3n) is 4.39. The molecule has 0 spiro atoms. The molecule has 2 nitrogen and oxygen atoms in total. The monoisotopic (exact) mass is 335 g/mol. The van der Waals surface area contributed by atoms with Crippen LogP contribution in [0.1, 0.15) is 18.1 Å². The molecule has 0 aliphatic rings. The van der Waals surface area contributed by atoms with Crippen LogP contribution < -0.4 is 9.87 Å². The molecular weight excluding hydrogens is 311 g/mol. The van der Waals surface area contributed by atoms with Gasteiger partial charge in [-0.15, -0.1) is 0 Å². The zero-order valence-electron chi connectivity index (χ0n) is 14.8. The molecule has 2 aromatic carbocycles. The zero-order valence-corrected chi connectivity index (χ0v) is 15.8. The largest absolute Gasteiger partial charge is 0.287 e. The highest BCUT2D eigenvalue weighted by molar-refractivity contribution is 7.52. The third kappa shape index (κ3) is 2.95. The van der Waals surface area contributed by atoms with E-state index in [0.717, 1.165) is 11.1 Å². The Kier molecular flexibility index (Phi) is 4.69. The number of H-pyrrole nitrogens is 1. The fourth-order valence-corrected chi connectivity index (χ4v) is 4.24. The van der Waals surface area contributed by atoms with E-state index >= 15 is 0 Å². The van der Waals surface area contributed by atoms with Gasteiger partial charge in [-0.1, -0.05) is 51.6 Å². The lowest BCUT2D eigenvalue weighted by molar-refractivity contribution is -0.633. The fraction of sp³-hybridized carbons (Fsp3) is 0.190. The molecule has 3 aromatic rings. The Labute approximate surface area is 145 Å². The van der Waals surface area contributed by atoms with E-state index in [2.05, 4.69) is 85.6 Å². The fourth-order valence-electron chi connectivity index (χ4n) is 3.08. The molecule has 0 radical (unpaired) electrons. The number of hydrogen-bond donors (Lipinski definition) is 1. The first-order valence-corrected chi connectivity index (χ1v) is 9.19. The smallest absolute Gasteiger partial charge is 0.236 e. The summed E-state index contributed by atoms with van der Waals surface area (Å²) >= 11 is 0. The van der Waals surface area contributed by atoms with Gasteiger partial charge < -0.3 is 0 Å². The van der Waals surface area contributed by atoms with Crippen molar-refractivity contribution >= 4 is 24.9 Å². The number of aromatic amines is 1. The Morgan fingerprint density at radius 2 is 1.88 bits per heavy atom. The number of allylic oxidation sites excluding steroid dienone is 3. The minimum absolute atomic E-state index is 0.577. The van der Waals surface area contributed by atoms with Crippen molar-refractivity contribution in [2.75, 3.05) is 0 Å². The molecule has 1 N–H and O–H groups in total. The van der Waals surface area contributed by atoms with Crippen molar-refractivity contribution in [3.63, 3.8) is 0 Å². The third-order valence-corrected chi connectivity index (χ3v) is 5.77. The summed E-state index contributed by atoms with van der Waals surface area (Å²) in [6, 6.07) is 12.9. The van der Waals surface area contributed by atoms with Crippen LogP contribution in [0.25, 0.3) is 22.4 Å². The number of aromatic nitrogens is 2. The van der Waals surface area contributed by atoms with E-state index in [1.807, 2.05) is 6.92 Å². The van der Waals surface area contributed by atoms with Crippen molar-refractivity contribution in [3.05, 3.63) is 71.6 Å². The Balaban J connectivity index is 2.21. The molecular formula is C21H24N2P+. The van der Waals surface area contributed by atoms with E-state index in [9.17, 15) is 0 Å². The molecule has 0 fully saturated rings. The minimum Gasteiger partial charge on any atom is -0.236 e. The van der Waals surface area contributed by atoms with Crippen LogP contribution in [0.4, 0.5) is 0 Å². The summed E-state index contributed by atoms with van der Waals surface area (Å²) in [5, 5.41) is 2.51. The van der Waals surface area contributed by atoms with E-state index in [0.29, 0.717) is 8.58 Å². The van der Waals surface area contributed by atoms with Crippen LogP contribution in [-0.4, -0.2) is 4.98 Å². The quantitative estimate of drug-likeness (QED) is 0.406. The Morgan fingerprint density at radius 1 is 1.12 bits per heavy atom. The summed E-state index contributed by atoms with van der Waals surface area (Å²) in [5.74, 6) is 1.15. The van der Waals surface area contributed by atoms with Gasteiger partial charge in [0.25, 0.3) is 5.82 Å². The number of benzene rings is 2. The molecule has 0 bridgehead atoms. The van der Waals surface area contributed by atoms with E-state index in [1.54, 1.807) is 0 Å². The molecule has 0 amide bonds. The normalized spacial score (nSPS) is 12.0. The first-order chi connectivity index (χ1) is 11.5. The average Bonchev–Trinajstić information content (AvgIpc) is 2.88. The van der Waals surface area contributed by atoms with Crippen LogP contribution in [0.2, 0.25) is 0 Å². The molecule has 122 valence electrons. The standard InChI is InChI=1S/C21H23N2P/c1-6-9-16(4)24-20-15(3)12-13-18-19(20)22-21(23(18)5)17-11-8-7-10-14(17)2/h6-13,24H,4H2,1-3,5H3/p+1/b9-6-. The van der Waals surface area contributed by atoms with Crippen LogP contribution in [0.5, 0.6) is 0 Å². The summed E-state index contributed by atoms with van der Waals surface area (Å²) in [6.45, 7) is 10.6. The maximum atomic E-state index is 4.19. The van der Waals surface area contributed by atoms with Crippen molar-refractivity contribution in [1.29, 1.82) is 0 Å². The number of nitrogens with one attached hydrogen (secondary N) is 1. The summed E-state index contributed by atoms with van der Waals surface area (Å²) in [4.78, 5) is 3.68. The molecule has 1 unspecified atom stereocenters. The van der Waals surface area contributed by atoms with E-state index in [4.69, 9.17) is 0 Å². The second kappa shape index (κ2) is 6.75. The Bertz CT molecular complexity index is 948. The number of aryl methyl sites for hydroxylation is 3. The second-order valence-corrected chi connectivity index (χ2v) is 7.54. The lowest BCUT2D eigenvalue weighted by Gasteiger charge is -2.05. The van der Waals surface area contributed by atoms with Crippen molar-refractivity contribution in [1.82, 2.24) is 4.98 Å². The Morgan fingerprint density at radius 3 is 2.58 bits per heavy atom. The number of nitrogens with zero attached hydrogens (tertiary/aromatic N) is 1. The number of imidazole rings is 1. The lowest BCUT2D eigenvalue weighted by Crippen LogP contribution is -2.29. The minimum atomic E-state index is 0.577. The first kappa shape index (κ1) is 16.7. The molecule has 3 heteroatoms. The van der Waals surface area contributed by atoms with Gasteiger partial charge in [-0.05, 0) is 49.3 Å². The Hall–Kier alpha value is -2.18. The summed E-state index contributed by atoms with van der Waals surface area (Å²) in [6.07, 6.45) is 4.15. The van der Waals surface area contributed by atoms with E-state index < -0.39 is 0 Å². The summed E-state index contributed by atoms with van der Waals surface area (Å²) in [5.41, 5.74) is 6.29. The molecule has 1 heterocycles. The molecule has 1 aromatic heterocycles. The zero-order chi connectivity index (χ0) is 17.3. The first-order valence-electron chi connectivity index (χ1n) is 8.19. The van der Waals surface area contributed by atoms with Crippen molar-refractivity contribution in [2.24, 2.45) is 7.05 Å². The van der Waals surface area contributed by atoms with Crippen LogP contribution in [-0.2, 0) is 7.05 Å². The molecule has 1 atom stereocenters. The maximum Gasteiger partial charge on any atom is 0.287 e. The average molecular weight is 335 g/mol. The van der Waals surface area contributed by atoms with Gasteiger partial charge in [0.05, 0.1) is 12.6 Å². The predicted octanol–water partition coefficient (Wildman–Crippen LogP) is 4.67. The van der Waals surface area contributed by atoms with Crippen LogP contribution in [0.15, 0.2) is 60.4 Å². The van der Waals surface area contributed by atoms with Gasteiger partial charge in [-0.3, -0.25) is 0 Å². The highest BCUT2D eigenvalue weighted by Crippen LogP contribution is 2.29. The predicted molar refractivity (Wildman–Crippen MR) is 106 cm³/mol. The second-order valence-electron chi connectivity index (χ2n) is 6.15. The lowest BCUT2D eigenvalue weighted by atomic mass is 10.1. The highest BCUT2D eigenvalue weighted by atomic mass is 31.1. The van der Waals surface area contributed by atoms with E-state index in [1.165, 1.54) is 33.0 Å². The van der Waals surface area contributed by atoms with Crippen LogP contribution in [0, 0.1) is 13.8 Å². The maximum absolute atomic E-state index is 4.19. The van der Waals surface area contributed by atoms with Crippen molar-refractivity contribution in [3.8, 4) is 11.4 Å². The van der Waals surface area contributed by atoms with Gasteiger partial charge in [0.2, 0.25) is 0 Å². The van der Waals surface area contributed by atoms with Crippen molar-refractivity contribution < 1.29 is 4.57 Å². The van der Waals surface area contributed by atoms with Gasteiger partial charge in [0.1, 0.15) is 0 Å². The molecule has 0 aliphatic heterocycles. The van der Waals surface area contributed by atoms with Crippen LogP contribution >= 0.6 is 8.58 Å². The molecule has 3 rings (SSSR count). The van der Waals surface area contributed by atoms with Gasteiger partial charge in [-0.25, -0.2) is 9.55 Å². The molecule has 24 heavy (non-hydrogen) atoms. The summed E-state index contributed by atoms with van der Waals surface area (Å²) < 4.78 is 2.25. The van der Waals surface area contributed by atoms with E-state index in [-0.39, 0.29) is 0 Å². The van der Waals surface area contributed by atoms with Gasteiger partial charge >= 0.3 is 0 Å². The van der Waals surface area contributed by atoms with Gasteiger partial charge in [-0.2, -0.15) is 0 Å². The molecule has 0 saturated heterocycles. The topological polar surface area (TPSA) is 19.7 Å².